The summed E-state index contributed by atoms with van der Waals surface area (Å²) >= 11 is 0. The Morgan fingerprint density at radius 2 is 2.31 bits per heavy atom. The number of pyridine rings is 1. The van der Waals surface area contributed by atoms with Gasteiger partial charge in [-0.2, -0.15) is 0 Å². The van der Waals surface area contributed by atoms with E-state index < -0.39 is 0 Å². The van der Waals surface area contributed by atoms with E-state index in [-0.39, 0.29) is 11.9 Å². The highest BCUT2D eigenvalue weighted by Crippen LogP contribution is 2.25. The zero-order valence-electron chi connectivity index (χ0n) is 8.83. The standard InChI is InChI=1S/C11H13N3O2/c15-8-4-5-10-12-11(13-14(10)7-8)9-3-1-2-6-16-9/h4-5,7,9,15H,1-3,6H2. The molecule has 1 saturated heterocycles. The van der Waals surface area contributed by atoms with Crippen LogP contribution < -0.4 is 0 Å². The predicted molar refractivity (Wildman–Crippen MR) is 57.2 cm³/mol. The first-order chi connectivity index (χ1) is 7.83. The summed E-state index contributed by atoms with van der Waals surface area (Å²) in [5.41, 5.74) is 0.738. The zero-order chi connectivity index (χ0) is 11.0. The molecule has 5 nitrogen and oxygen atoms in total. The van der Waals surface area contributed by atoms with Crippen molar-refractivity contribution in [1.82, 2.24) is 14.6 Å². The maximum atomic E-state index is 9.33. The average molecular weight is 219 g/mol. The van der Waals surface area contributed by atoms with E-state index >= 15 is 0 Å². The Balaban J connectivity index is 1.97. The van der Waals surface area contributed by atoms with Crippen LogP contribution in [0.5, 0.6) is 5.75 Å². The lowest BCUT2D eigenvalue weighted by atomic mass is 10.1. The number of aromatic hydroxyl groups is 1. The van der Waals surface area contributed by atoms with Gasteiger partial charge in [0, 0.05) is 6.61 Å². The minimum Gasteiger partial charge on any atom is -0.506 e. The van der Waals surface area contributed by atoms with Crippen LogP contribution in [-0.2, 0) is 4.74 Å². The van der Waals surface area contributed by atoms with E-state index in [1.54, 1.807) is 22.8 Å². The molecule has 0 bridgehead atoms. The Morgan fingerprint density at radius 3 is 3.12 bits per heavy atom. The van der Waals surface area contributed by atoms with Gasteiger partial charge in [-0.1, -0.05) is 0 Å². The maximum Gasteiger partial charge on any atom is 0.180 e. The number of ether oxygens (including phenoxy) is 1. The highest BCUT2D eigenvalue weighted by molar-refractivity contribution is 5.40. The Bertz CT molecular complexity index is 503. The fourth-order valence-electron chi connectivity index (χ4n) is 1.97. The number of hydrogen-bond donors (Lipinski definition) is 1. The van der Waals surface area contributed by atoms with Gasteiger partial charge in [-0.25, -0.2) is 9.50 Å². The smallest absolute Gasteiger partial charge is 0.180 e. The van der Waals surface area contributed by atoms with Crippen LogP contribution in [0.3, 0.4) is 0 Å². The van der Waals surface area contributed by atoms with Crippen molar-refractivity contribution in [3.05, 3.63) is 24.2 Å². The van der Waals surface area contributed by atoms with Crippen LogP contribution in [0.2, 0.25) is 0 Å². The number of nitrogens with zero attached hydrogens (tertiary/aromatic N) is 3. The molecule has 3 rings (SSSR count). The topological polar surface area (TPSA) is 59.7 Å². The summed E-state index contributed by atoms with van der Waals surface area (Å²) in [5.74, 6) is 0.902. The molecule has 0 aromatic carbocycles. The van der Waals surface area contributed by atoms with E-state index in [2.05, 4.69) is 10.1 Å². The van der Waals surface area contributed by atoms with Gasteiger partial charge in [-0.05, 0) is 31.4 Å². The maximum absolute atomic E-state index is 9.33. The lowest BCUT2D eigenvalue weighted by molar-refractivity contribution is 0.00961. The van der Waals surface area contributed by atoms with E-state index in [9.17, 15) is 5.11 Å². The van der Waals surface area contributed by atoms with E-state index in [0.29, 0.717) is 5.82 Å². The summed E-state index contributed by atoms with van der Waals surface area (Å²) in [6, 6.07) is 3.35. The van der Waals surface area contributed by atoms with Crippen molar-refractivity contribution in [2.24, 2.45) is 0 Å². The third-order valence-corrected chi connectivity index (χ3v) is 2.80. The molecular weight excluding hydrogens is 206 g/mol. The van der Waals surface area contributed by atoms with Gasteiger partial charge in [0.2, 0.25) is 0 Å². The van der Waals surface area contributed by atoms with Gasteiger partial charge >= 0.3 is 0 Å². The fourth-order valence-corrected chi connectivity index (χ4v) is 1.97. The van der Waals surface area contributed by atoms with Gasteiger partial charge in [-0.15, -0.1) is 5.10 Å². The van der Waals surface area contributed by atoms with Crippen LogP contribution in [0, 0.1) is 0 Å². The Labute approximate surface area is 92.7 Å². The SMILES string of the molecule is Oc1ccc2nc(C3CCCCO3)nn2c1. The molecule has 1 N–H and O–H groups in total. The number of aromatic nitrogens is 3. The minimum atomic E-state index is 0.00999. The van der Waals surface area contributed by atoms with Crippen LogP contribution in [0.1, 0.15) is 31.2 Å². The lowest BCUT2D eigenvalue weighted by Gasteiger charge is -2.19. The molecule has 5 heteroatoms. The first-order valence-electron chi connectivity index (χ1n) is 5.50. The summed E-state index contributed by atoms with van der Waals surface area (Å²) in [5, 5.41) is 13.6. The van der Waals surface area contributed by atoms with Crippen LogP contribution in [0.4, 0.5) is 0 Å². The average Bonchev–Trinajstić information content (AvgIpc) is 2.73. The van der Waals surface area contributed by atoms with Gasteiger partial charge in [0.05, 0.1) is 6.20 Å². The third kappa shape index (κ3) is 1.63. The van der Waals surface area contributed by atoms with E-state index in [0.717, 1.165) is 31.5 Å². The summed E-state index contributed by atoms with van der Waals surface area (Å²) in [6.45, 7) is 0.783. The van der Waals surface area contributed by atoms with Gasteiger partial charge in [0.15, 0.2) is 11.5 Å². The van der Waals surface area contributed by atoms with Crippen molar-refractivity contribution in [3.63, 3.8) is 0 Å². The molecule has 1 unspecified atom stereocenters. The van der Waals surface area contributed by atoms with Crippen LogP contribution >= 0.6 is 0 Å². The minimum absolute atomic E-state index is 0.00999. The Kier molecular flexibility index (Phi) is 2.25. The molecular formula is C11H13N3O2. The van der Waals surface area contributed by atoms with E-state index in [1.807, 2.05) is 0 Å². The summed E-state index contributed by atoms with van der Waals surface area (Å²) in [6.07, 6.45) is 4.81. The number of fused-ring (bicyclic) bond motifs is 1. The van der Waals surface area contributed by atoms with Crippen molar-refractivity contribution in [2.45, 2.75) is 25.4 Å². The third-order valence-electron chi connectivity index (χ3n) is 2.80. The molecule has 16 heavy (non-hydrogen) atoms. The largest absolute Gasteiger partial charge is 0.506 e. The van der Waals surface area contributed by atoms with Crippen molar-refractivity contribution in [3.8, 4) is 5.75 Å². The van der Waals surface area contributed by atoms with Crippen LogP contribution in [0.25, 0.3) is 5.65 Å². The van der Waals surface area contributed by atoms with Crippen molar-refractivity contribution in [2.75, 3.05) is 6.61 Å². The van der Waals surface area contributed by atoms with Gasteiger partial charge in [0.1, 0.15) is 11.9 Å². The van der Waals surface area contributed by atoms with Crippen molar-refractivity contribution >= 4 is 5.65 Å². The van der Waals surface area contributed by atoms with Gasteiger partial charge in [-0.3, -0.25) is 0 Å². The Morgan fingerprint density at radius 1 is 1.38 bits per heavy atom. The monoisotopic (exact) mass is 219 g/mol. The van der Waals surface area contributed by atoms with Gasteiger partial charge in [0.25, 0.3) is 0 Å². The number of rotatable bonds is 1. The van der Waals surface area contributed by atoms with Crippen molar-refractivity contribution < 1.29 is 9.84 Å². The van der Waals surface area contributed by atoms with E-state index in [4.69, 9.17) is 4.74 Å². The molecule has 3 heterocycles. The second kappa shape index (κ2) is 3.75. The molecule has 0 amide bonds. The molecule has 1 atom stereocenters. The molecule has 1 aliphatic heterocycles. The van der Waals surface area contributed by atoms with Crippen LogP contribution in [0.15, 0.2) is 18.3 Å². The van der Waals surface area contributed by atoms with E-state index in [1.165, 1.54) is 0 Å². The molecule has 2 aromatic heterocycles. The molecule has 0 radical (unpaired) electrons. The molecule has 84 valence electrons. The first kappa shape index (κ1) is 9.59. The highest BCUT2D eigenvalue weighted by Gasteiger charge is 2.20. The van der Waals surface area contributed by atoms with Crippen LogP contribution in [-0.4, -0.2) is 26.3 Å². The molecule has 0 spiro atoms. The first-order valence-corrected chi connectivity index (χ1v) is 5.50. The molecule has 0 saturated carbocycles. The molecule has 1 fully saturated rings. The second-order valence-electron chi connectivity index (χ2n) is 4.02. The summed E-state index contributed by atoms with van der Waals surface area (Å²) in [4.78, 5) is 4.39. The van der Waals surface area contributed by atoms with Crippen molar-refractivity contribution in [1.29, 1.82) is 0 Å². The lowest BCUT2D eigenvalue weighted by Crippen LogP contribution is -2.12. The Hall–Kier alpha value is -1.62. The second-order valence-corrected chi connectivity index (χ2v) is 4.02. The number of hydrogen-bond acceptors (Lipinski definition) is 4. The fraction of sp³-hybridized carbons (Fsp3) is 0.455. The molecule has 2 aromatic rings. The quantitative estimate of drug-likeness (QED) is 0.792. The normalized spacial score (nSPS) is 21.4. The predicted octanol–water partition coefficient (Wildman–Crippen LogP) is 1.68. The molecule has 1 aliphatic rings. The van der Waals surface area contributed by atoms with Gasteiger partial charge < -0.3 is 9.84 Å². The zero-order valence-corrected chi connectivity index (χ0v) is 8.83. The summed E-state index contributed by atoms with van der Waals surface area (Å²) < 4.78 is 7.21. The highest BCUT2D eigenvalue weighted by atomic mass is 16.5. The molecule has 0 aliphatic carbocycles. The summed E-state index contributed by atoms with van der Waals surface area (Å²) in [7, 11) is 0.